The number of carbonyl (C=O) groups excluding carboxylic acids is 2. The largest absolute Gasteiger partial charge is 0.497 e. The Morgan fingerprint density at radius 2 is 2.04 bits per heavy atom. The molecule has 0 unspecified atom stereocenters. The number of methoxy groups -OCH3 is 1. The van der Waals surface area contributed by atoms with Crippen LogP contribution in [0.4, 0.5) is 11.4 Å². The number of amides is 2. The van der Waals surface area contributed by atoms with E-state index in [2.05, 4.69) is 26.2 Å². The van der Waals surface area contributed by atoms with Crippen molar-refractivity contribution >= 4 is 23.2 Å². The Morgan fingerprint density at radius 1 is 1.26 bits per heavy atom. The normalized spacial score (nSPS) is 10.4. The van der Waals surface area contributed by atoms with Crippen molar-refractivity contribution in [1.29, 1.82) is 0 Å². The van der Waals surface area contributed by atoms with Crippen LogP contribution in [0.1, 0.15) is 13.8 Å². The number of benzene rings is 1. The Kier molecular flexibility index (Phi) is 5.23. The summed E-state index contributed by atoms with van der Waals surface area (Å²) in [5.41, 5.74) is 0.936. The van der Waals surface area contributed by atoms with Gasteiger partial charge in [0.1, 0.15) is 18.6 Å². The molecule has 9 nitrogen and oxygen atoms in total. The monoisotopic (exact) mass is 318 g/mol. The lowest BCUT2D eigenvalue weighted by Gasteiger charge is -2.15. The van der Waals surface area contributed by atoms with E-state index in [-0.39, 0.29) is 24.3 Å². The first-order valence-electron chi connectivity index (χ1n) is 6.99. The number of nitrogens with zero attached hydrogens (tertiary/aromatic N) is 4. The van der Waals surface area contributed by atoms with Gasteiger partial charge in [-0.05, 0) is 22.6 Å². The Balaban J connectivity index is 2.15. The molecule has 2 rings (SSSR count). The van der Waals surface area contributed by atoms with Crippen molar-refractivity contribution in [1.82, 2.24) is 20.2 Å². The lowest BCUT2D eigenvalue weighted by atomic mass is 10.2. The van der Waals surface area contributed by atoms with Gasteiger partial charge in [-0.1, -0.05) is 13.8 Å². The Morgan fingerprint density at radius 3 is 2.65 bits per heavy atom. The van der Waals surface area contributed by atoms with Gasteiger partial charge in [-0.15, -0.1) is 5.10 Å². The highest BCUT2D eigenvalue weighted by molar-refractivity contribution is 6.00. The molecular formula is C14H18N6O3. The van der Waals surface area contributed by atoms with E-state index in [0.29, 0.717) is 17.1 Å². The third kappa shape index (κ3) is 4.50. The predicted molar refractivity (Wildman–Crippen MR) is 82.9 cm³/mol. The van der Waals surface area contributed by atoms with Crippen LogP contribution in [0, 0.1) is 5.92 Å². The molecule has 0 aliphatic carbocycles. The molecule has 1 aromatic carbocycles. The summed E-state index contributed by atoms with van der Waals surface area (Å²) in [6.45, 7) is 3.54. The van der Waals surface area contributed by atoms with E-state index in [1.165, 1.54) is 18.1 Å². The fourth-order valence-corrected chi connectivity index (χ4v) is 1.73. The van der Waals surface area contributed by atoms with Crippen LogP contribution < -0.4 is 15.4 Å². The van der Waals surface area contributed by atoms with Crippen LogP contribution in [0.15, 0.2) is 24.5 Å². The highest BCUT2D eigenvalue weighted by Crippen LogP contribution is 2.27. The summed E-state index contributed by atoms with van der Waals surface area (Å²) in [4.78, 5) is 23.9. The van der Waals surface area contributed by atoms with E-state index < -0.39 is 0 Å². The number of rotatable bonds is 6. The van der Waals surface area contributed by atoms with Gasteiger partial charge < -0.3 is 15.4 Å². The van der Waals surface area contributed by atoms with Crippen molar-refractivity contribution in [2.24, 2.45) is 5.92 Å². The summed E-state index contributed by atoms with van der Waals surface area (Å²) < 4.78 is 6.44. The molecule has 122 valence electrons. The topological polar surface area (TPSA) is 111 Å². The molecule has 0 atom stereocenters. The summed E-state index contributed by atoms with van der Waals surface area (Å²) in [5.74, 6) is -0.0924. The number of carbonyl (C=O) groups is 2. The van der Waals surface area contributed by atoms with Gasteiger partial charge in [-0.3, -0.25) is 9.59 Å². The molecule has 1 heterocycles. The number of nitrogens with one attached hydrogen (secondary N) is 2. The van der Waals surface area contributed by atoms with E-state index in [9.17, 15) is 9.59 Å². The first-order valence-corrected chi connectivity index (χ1v) is 6.99. The molecule has 0 aliphatic rings. The van der Waals surface area contributed by atoms with Gasteiger partial charge in [0.15, 0.2) is 0 Å². The van der Waals surface area contributed by atoms with E-state index in [4.69, 9.17) is 4.74 Å². The number of anilines is 2. The van der Waals surface area contributed by atoms with E-state index in [1.54, 1.807) is 32.0 Å². The molecule has 23 heavy (non-hydrogen) atoms. The zero-order valence-electron chi connectivity index (χ0n) is 13.1. The minimum atomic E-state index is -0.317. The second-order valence-electron chi connectivity index (χ2n) is 5.11. The number of hydrogen-bond donors (Lipinski definition) is 2. The second kappa shape index (κ2) is 7.34. The Hall–Kier alpha value is -2.97. The van der Waals surface area contributed by atoms with E-state index in [1.807, 2.05) is 0 Å². The highest BCUT2D eigenvalue weighted by atomic mass is 16.5. The molecule has 9 heteroatoms. The first kappa shape index (κ1) is 16.4. The standard InChI is InChI=1S/C14H18N6O3/c1-9(2)14(22)17-12-6-10(23-3)4-5-11(12)16-13(21)7-20-8-15-18-19-20/h4-6,8-9H,7H2,1-3H3,(H,16,21)(H,17,22). The minimum Gasteiger partial charge on any atom is -0.497 e. The molecule has 0 fully saturated rings. The lowest BCUT2D eigenvalue weighted by Crippen LogP contribution is -2.22. The Bertz CT molecular complexity index is 684. The molecule has 2 amide bonds. The minimum absolute atomic E-state index is 0.0312. The van der Waals surface area contributed by atoms with Crippen LogP contribution in [-0.4, -0.2) is 39.1 Å². The van der Waals surface area contributed by atoms with Crippen molar-refractivity contribution < 1.29 is 14.3 Å². The third-order valence-corrected chi connectivity index (χ3v) is 2.98. The molecule has 2 N–H and O–H groups in total. The second-order valence-corrected chi connectivity index (χ2v) is 5.11. The maximum atomic E-state index is 12.0. The van der Waals surface area contributed by atoms with Gasteiger partial charge >= 0.3 is 0 Å². The zero-order valence-corrected chi connectivity index (χ0v) is 13.1. The number of aromatic nitrogens is 4. The quantitative estimate of drug-likeness (QED) is 0.819. The smallest absolute Gasteiger partial charge is 0.246 e. The lowest BCUT2D eigenvalue weighted by molar-refractivity contribution is -0.119. The van der Waals surface area contributed by atoms with Gasteiger partial charge in [0.05, 0.1) is 18.5 Å². The molecule has 2 aromatic rings. The Labute approximate surface area is 133 Å². The molecule has 0 aliphatic heterocycles. The maximum Gasteiger partial charge on any atom is 0.246 e. The van der Waals surface area contributed by atoms with Crippen molar-refractivity contribution in [3.8, 4) is 5.75 Å². The van der Waals surface area contributed by atoms with Crippen molar-refractivity contribution in [3.63, 3.8) is 0 Å². The SMILES string of the molecule is COc1ccc(NC(=O)Cn2cnnn2)c(NC(=O)C(C)C)c1. The molecule has 0 spiro atoms. The van der Waals surface area contributed by atoms with Crippen molar-refractivity contribution in [3.05, 3.63) is 24.5 Å². The van der Waals surface area contributed by atoms with Gasteiger partial charge in [-0.25, -0.2) is 4.68 Å². The van der Waals surface area contributed by atoms with Crippen LogP contribution in [-0.2, 0) is 16.1 Å². The van der Waals surface area contributed by atoms with Crippen LogP contribution in [0.2, 0.25) is 0 Å². The highest BCUT2D eigenvalue weighted by Gasteiger charge is 2.13. The van der Waals surface area contributed by atoms with E-state index >= 15 is 0 Å². The number of hydrogen-bond acceptors (Lipinski definition) is 6. The fourth-order valence-electron chi connectivity index (χ4n) is 1.73. The van der Waals surface area contributed by atoms with Gasteiger partial charge in [0.25, 0.3) is 0 Å². The molecule has 0 saturated carbocycles. The van der Waals surface area contributed by atoms with E-state index in [0.717, 1.165) is 0 Å². The number of ether oxygens (including phenoxy) is 1. The summed E-state index contributed by atoms with van der Waals surface area (Å²) in [7, 11) is 1.53. The molecule has 0 saturated heterocycles. The van der Waals surface area contributed by atoms with Gasteiger partial charge in [-0.2, -0.15) is 0 Å². The summed E-state index contributed by atoms with van der Waals surface area (Å²) in [6, 6.07) is 5.00. The molecular weight excluding hydrogens is 300 g/mol. The first-order chi connectivity index (χ1) is 11.0. The number of tetrazole rings is 1. The van der Waals surface area contributed by atoms with Crippen LogP contribution in [0.5, 0.6) is 5.75 Å². The van der Waals surface area contributed by atoms with Gasteiger partial charge in [0.2, 0.25) is 11.8 Å². The van der Waals surface area contributed by atoms with Crippen LogP contribution >= 0.6 is 0 Å². The predicted octanol–water partition coefficient (Wildman–Crippen LogP) is 0.915. The van der Waals surface area contributed by atoms with Gasteiger partial charge in [0, 0.05) is 12.0 Å². The molecule has 1 aromatic heterocycles. The maximum absolute atomic E-state index is 12.0. The van der Waals surface area contributed by atoms with Crippen LogP contribution in [0.3, 0.4) is 0 Å². The summed E-state index contributed by atoms with van der Waals surface area (Å²) in [5, 5.41) is 16.0. The molecule has 0 radical (unpaired) electrons. The summed E-state index contributed by atoms with van der Waals surface area (Å²) in [6.07, 6.45) is 1.34. The van der Waals surface area contributed by atoms with Crippen molar-refractivity contribution in [2.75, 3.05) is 17.7 Å². The molecule has 0 bridgehead atoms. The average molecular weight is 318 g/mol. The zero-order chi connectivity index (χ0) is 16.8. The van der Waals surface area contributed by atoms with Crippen LogP contribution in [0.25, 0.3) is 0 Å². The summed E-state index contributed by atoms with van der Waals surface area (Å²) >= 11 is 0. The average Bonchev–Trinajstić information content (AvgIpc) is 3.01. The third-order valence-electron chi connectivity index (χ3n) is 2.98. The van der Waals surface area contributed by atoms with Crippen molar-refractivity contribution in [2.45, 2.75) is 20.4 Å². The fraction of sp³-hybridized carbons (Fsp3) is 0.357.